The summed E-state index contributed by atoms with van der Waals surface area (Å²) in [6, 6.07) is 0. The van der Waals surface area contributed by atoms with Crippen LogP contribution in [0.2, 0.25) is 0 Å². The highest BCUT2D eigenvalue weighted by atomic mass is 15.1. The van der Waals surface area contributed by atoms with Crippen molar-refractivity contribution in [3.05, 3.63) is 0 Å². The highest BCUT2D eigenvalue weighted by Gasteiger charge is 2.15. The smallest absolute Gasteiger partial charge is 0.0496 e. The lowest BCUT2D eigenvalue weighted by atomic mass is 10.1. The highest BCUT2D eigenvalue weighted by Crippen LogP contribution is 2.04. The summed E-state index contributed by atoms with van der Waals surface area (Å²) in [6.45, 7) is 4.25. The SMILES string of the molecule is C/N=C\C(C)(C)N(C)C. The van der Waals surface area contributed by atoms with E-state index >= 15 is 0 Å². The topological polar surface area (TPSA) is 15.6 Å². The number of nitrogens with zero attached hydrogens (tertiary/aromatic N) is 2. The van der Waals surface area contributed by atoms with E-state index in [9.17, 15) is 0 Å². The zero-order valence-electron chi connectivity index (χ0n) is 6.97. The van der Waals surface area contributed by atoms with Gasteiger partial charge in [-0.3, -0.25) is 9.89 Å². The molecule has 0 fully saturated rings. The Morgan fingerprint density at radius 3 is 1.89 bits per heavy atom. The summed E-state index contributed by atoms with van der Waals surface area (Å²) in [4.78, 5) is 6.09. The van der Waals surface area contributed by atoms with Gasteiger partial charge in [-0.05, 0) is 27.9 Å². The van der Waals surface area contributed by atoms with E-state index in [4.69, 9.17) is 0 Å². The molecule has 54 valence electrons. The van der Waals surface area contributed by atoms with Gasteiger partial charge in [0.25, 0.3) is 0 Å². The molecule has 0 heterocycles. The van der Waals surface area contributed by atoms with Gasteiger partial charge in [0.1, 0.15) is 0 Å². The van der Waals surface area contributed by atoms with Crippen molar-refractivity contribution in [3.8, 4) is 0 Å². The van der Waals surface area contributed by atoms with Crippen LogP contribution in [0.15, 0.2) is 4.99 Å². The lowest BCUT2D eigenvalue weighted by molar-refractivity contribution is 0.279. The Balaban J connectivity index is 4.01. The normalized spacial score (nSPS) is 13.6. The Labute approximate surface area is 57.6 Å². The molecule has 0 atom stereocenters. The second-order valence-corrected chi connectivity index (χ2v) is 2.94. The van der Waals surface area contributed by atoms with Crippen LogP contribution < -0.4 is 0 Å². The van der Waals surface area contributed by atoms with E-state index in [0.717, 1.165) is 0 Å². The van der Waals surface area contributed by atoms with Crippen LogP contribution >= 0.6 is 0 Å². The highest BCUT2D eigenvalue weighted by molar-refractivity contribution is 5.68. The lowest BCUT2D eigenvalue weighted by Crippen LogP contribution is -2.39. The van der Waals surface area contributed by atoms with E-state index in [2.05, 4.69) is 23.7 Å². The molecule has 0 spiro atoms. The van der Waals surface area contributed by atoms with Crippen LogP contribution in [0.5, 0.6) is 0 Å². The monoisotopic (exact) mass is 128 g/mol. The maximum atomic E-state index is 3.96. The minimum Gasteiger partial charge on any atom is -0.299 e. The molecule has 0 aromatic carbocycles. The maximum Gasteiger partial charge on any atom is 0.0496 e. The van der Waals surface area contributed by atoms with Crippen LogP contribution in [0.25, 0.3) is 0 Å². The lowest BCUT2D eigenvalue weighted by Gasteiger charge is -2.27. The first-order valence-corrected chi connectivity index (χ1v) is 3.11. The number of rotatable bonds is 2. The van der Waals surface area contributed by atoms with Gasteiger partial charge in [-0.1, -0.05) is 0 Å². The molecule has 0 N–H and O–H groups in total. The first-order valence-electron chi connectivity index (χ1n) is 3.11. The zero-order valence-corrected chi connectivity index (χ0v) is 6.97. The molecule has 0 unspecified atom stereocenters. The molecule has 0 amide bonds. The van der Waals surface area contributed by atoms with Gasteiger partial charge in [-0.15, -0.1) is 0 Å². The molecule has 0 aliphatic rings. The van der Waals surface area contributed by atoms with Gasteiger partial charge >= 0.3 is 0 Å². The van der Waals surface area contributed by atoms with Crippen molar-refractivity contribution in [2.45, 2.75) is 19.4 Å². The number of hydrogen-bond donors (Lipinski definition) is 0. The van der Waals surface area contributed by atoms with Crippen LogP contribution in [0.3, 0.4) is 0 Å². The van der Waals surface area contributed by atoms with E-state index in [-0.39, 0.29) is 5.54 Å². The maximum absolute atomic E-state index is 3.96. The van der Waals surface area contributed by atoms with Gasteiger partial charge in [0.15, 0.2) is 0 Å². The molecule has 0 aromatic rings. The van der Waals surface area contributed by atoms with Crippen LogP contribution in [0, 0.1) is 0 Å². The average molecular weight is 128 g/mol. The molecule has 2 heteroatoms. The molecule has 0 aliphatic carbocycles. The van der Waals surface area contributed by atoms with Crippen LogP contribution in [-0.4, -0.2) is 37.8 Å². The van der Waals surface area contributed by atoms with Gasteiger partial charge in [-0.2, -0.15) is 0 Å². The second kappa shape index (κ2) is 2.97. The Bertz CT molecular complexity index is 103. The van der Waals surface area contributed by atoms with E-state index in [1.807, 2.05) is 20.3 Å². The first-order chi connectivity index (χ1) is 4.00. The number of hydrogen-bond acceptors (Lipinski definition) is 2. The van der Waals surface area contributed by atoms with Crippen LogP contribution in [0.1, 0.15) is 13.8 Å². The fourth-order valence-electron chi connectivity index (χ4n) is 0.431. The molecule has 0 saturated heterocycles. The molecular formula is C7H16N2. The predicted molar refractivity (Wildman–Crippen MR) is 42.2 cm³/mol. The summed E-state index contributed by atoms with van der Waals surface area (Å²) in [5.41, 5.74) is 0.0920. The average Bonchev–Trinajstić information content (AvgIpc) is 1.65. The Kier molecular flexibility index (Phi) is 2.85. The van der Waals surface area contributed by atoms with Crippen LogP contribution in [0.4, 0.5) is 0 Å². The summed E-state index contributed by atoms with van der Waals surface area (Å²) in [7, 11) is 5.88. The summed E-state index contributed by atoms with van der Waals surface area (Å²) < 4.78 is 0. The van der Waals surface area contributed by atoms with E-state index in [1.54, 1.807) is 7.05 Å². The molecule has 0 bridgehead atoms. The van der Waals surface area contributed by atoms with Gasteiger partial charge in [-0.25, -0.2) is 0 Å². The van der Waals surface area contributed by atoms with Crippen molar-refractivity contribution in [3.63, 3.8) is 0 Å². The minimum absolute atomic E-state index is 0.0920. The molecule has 0 radical (unpaired) electrons. The van der Waals surface area contributed by atoms with Crippen molar-refractivity contribution in [2.24, 2.45) is 4.99 Å². The fourth-order valence-corrected chi connectivity index (χ4v) is 0.431. The van der Waals surface area contributed by atoms with Gasteiger partial charge in [0, 0.05) is 18.8 Å². The minimum atomic E-state index is 0.0920. The summed E-state index contributed by atoms with van der Waals surface area (Å²) in [5.74, 6) is 0. The van der Waals surface area contributed by atoms with E-state index < -0.39 is 0 Å². The van der Waals surface area contributed by atoms with Gasteiger partial charge in [0.2, 0.25) is 0 Å². The quantitative estimate of drug-likeness (QED) is 0.507. The van der Waals surface area contributed by atoms with Crippen molar-refractivity contribution in [1.29, 1.82) is 0 Å². The standard InChI is InChI=1S/C7H16N2/c1-7(2,6-8-3)9(4)5/h6H,1-5H3/b8-6-. The summed E-state index contributed by atoms with van der Waals surface area (Å²) in [5, 5.41) is 0. The van der Waals surface area contributed by atoms with Crippen molar-refractivity contribution in [2.75, 3.05) is 21.1 Å². The predicted octanol–water partition coefficient (Wildman–Crippen LogP) is 1.03. The molecule has 2 nitrogen and oxygen atoms in total. The summed E-state index contributed by atoms with van der Waals surface area (Å²) in [6.07, 6.45) is 1.94. The molecule has 9 heavy (non-hydrogen) atoms. The third-order valence-electron chi connectivity index (χ3n) is 1.60. The molecule has 0 saturated carbocycles. The van der Waals surface area contributed by atoms with E-state index in [0.29, 0.717) is 0 Å². The Hall–Kier alpha value is -0.370. The second-order valence-electron chi connectivity index (χ2n) is 2.94. The van der Waals surface area contributed by atoms with Crippen LogP contribution in [-0.2, 0) is 0 Å². The largest absolute Gasteiger partial charge is 0.299 e. The number of aliphatic imine (C=N–C) groups is 1. The fraction of sp³-hybridized carbons (Fsp3) is 0.857. The van der Waals surface area contributed by atoms with Crippen molar-refractivity contribution >= 4 is 6.21 Å². The van der Waals surface area contributed by atoms with Gasteiger partial charge in [0.05, 0.1) is 0 Å². The third kappa shape index (κ3) is 2.61. The zero-order chi connectivity index (χ0) is 7.49. The third-order valence-corrected chi connectivity index (χ3v) is 1.60. The Morgan fingerprint density at radius 2 is 1.78 bits per heavy atom. The van der Waals surface area contributed by atoms with Gasteiger partial charge < -0.3 is 0 Å². The van der Waals surface area contributed by atoms with Crippen molar-refractivity contribution in [1.82, 2.24) is 4.90 Å². The first kappa shape index (κ1) is 8.63. The summed E-state index contributed by atoms with van der Waals surface area (Å²) >= 11 is 0. The Morgan fingerprint density at radius 1 is 1.33 bits per heavy atom. The molecule has 0 rings (SSSR count). The molecule has 0 aromatic heterocycles. The van der Waals surface area contributed by atoms with E-state index in [1.165, 1.54) is 0 Å². The molecular weight excluding hydrogens is 112 g/mol. The molecule has 0 aliphatic heterocycles. The van der Waals surface area contributed by atoms with Crippen molar-refractivity contribution < 1.29 is 0 Å².